The second-order valence-electron chi connectivity index (χ2n) is 5.41. The molecule has 0 bridgehead atoms. The molecule has 0 heterocycles. The van der Waals surface area contributed by atoms with Crippen LogP contribution in [-0.2, 0) is 9.53 Å². The summed E-state index contributed by atoms with van der Waals surface area (Å²) in [6, 6.07) is 15.9. The van der Waals surface area contributed by atoms with Gasteiger partial charge in [-0.15, -0.1) is 0 Å². The highest BCUT2D eigenvalue weighted by Gasteiger charge is 2.09. The maximum absolute atomic E-state index is 12.3. The van der Waals surface area contributed by atoms with Crippen molar-refractivity contribution in [1.82, 2.24) is 5.32 Å². The molecule has 1 amide bonds. The van der Waals surface area contributed by atoms with Crippen LogP contribution in [0.4, 0.5) is 0 Å². The first-order valence-corrected chi connectivity index (χ1v) is 8.37. The van der Waals surface area contributed by atoms with Gasteiger partial charge in [0, 0.05) is 30.9 Å². The quantitative estimate of drug-likeness (QED) is 0.533. The highest BCUT2D eigenvalue weighted by molar-refractivity contribution is 6.08. The van der Waals surface area contributed by atoms with E-state index in [2.05, 4.69) is 5.32 Å². The fourth-order valence-electron chi connectivity index (χ4n) is 2.21. The van der Waals surface area contributed by atoms with Gasteiger partial charge in [0.2, 0.25) is 0 Å². The summed E-state index contributed by atoms with van der Waals surface area (Å²) >= 11 is 0. The van der Waals surface area contributed by atoms with Gasteiger partial charge in [0.15, 0.2) is 12.4 Å². The van der Waals surface area contributed by atoms with Gasteiger partial charge in [-0.2, -0.15) is 0 Å². The van der Waals surface area contributed by atoms with Crippen LogP contribution < -0.4 is 10.1 Å². The first-order chi connectivity index (χ1) is 12.2. The van der Waals surface area contributed by atoms with Crippen LogP contribution in [0.2, 0.25) is 0 Å². The molecular formula is C20H23NO4. The van der Waals surface area contributed by atoms with Crippen LogP contribution in [0.1, 0.15) is 29.3 Å². The molecule has 25 heavy (non-hydrogen) atoms. The first-order valence-electron chi connectivity index (χ1n) is 8.37. The van der Waals surface area contributed by atoms with Gasteiger partial charge >= 0.3 is 0 Å². The van der Waals surface area contributed by atoms with Crippen molar-refractivity contribution in [2.75, 3.05) is 26.4 Å². The van der Waals surface area contributed by atoms with Crippen molar-refractivity contribution in [2.45, 2.75) is 13.3 Å². The van der Waals surface area contributed by atoms with Crippen molar-refractivity contribution in [3.8, 4) is 5.75 Å². The minimum atomic E-state index is -0.180. The average Bonchev–Trinajstić information content (AvgIpc) is 2.67. The van der Waals surface area contributed by atoms with E-state index in [1.807, 2.05) is 25.1 Å². The number of ether oxygens (including phenoxy) is 2. The minimum Gasteiger partial charge on any atom is -0.484 e. The van der Waals surface area contributed by atoms with Gasteiger partial charge < -0.3 is 14.8 Å². The topological polar surface area (TPSA) is 64.6 Å². The van der Waals surface area contributed by atoms with Gasteiger partial charge in [0.05, 0.1) is 0 Å². The largest absolute Gasteiger partial charge is 0.484 e. The number of rotatable bonds is 10. The molecule has 0 aliphatic carbocycles. The molecule has 2 aromatic rings. The Morgan fingerprint density at radius 1 is 0.960 bits per heavy atom. The second-order valence-corrected chi connectivity index (χ2v) is 5.41. The molecule has 5 heteroatoms. The predicted molar refractivity (Wildman–Crippen MR) is 95.9 cm³/mol. The normalized spacial score (nSPS) is 10.3. The van der Waals surface area contributed by atoms with Gasteiger partial charge in [-0.1, -0.05) is 30.3 Å². The number of carbonyl (C=O) groups is 2. The van der Waals surface area contributed by atoms with Crippen molar-refractivity contribution in [2.24, 2.45) is 0 Å². The van der Waals surface area contributed by atoms with Crippen LogP contribution in [-0.4, -0.2) is 38.1 Å². The van der Waals surface area contributed by atoms with Gasteiger partial charge in [0.1, 0.15) is 5.75 Å². The lowest BCUT2D eigenvalue weighted by atomic mass is 10.0. The number of ketones is 1. The summed E-state index contributed by atoms with van der Waals surface area (Å²) in [7, 11) is 0. The van der Waals surface area contributed by atoms with Crippen LogP contribution in [0, 0.1) is 0 Å². The molecule has 0 aliphatic rings. The number of hydrogen-bond acceptors (Lipinski definition) is 4. The summed E-state index contributed by atoms with van der Waals surface area (Å²) in [5.74, 6) is 0.328. The Labute approximate surface area is 148 Å². The average molecular weight is 341 g/mol. The SMILES string of the molecule is CCOCCCNC(=O)COc1ccc(C(=O)c2ccccc2)cc1. The van der Waals surface area contributed by atoms with E-state index in [1.54, 1.807) is 36.4 Å². The van der Waals surface area contributed by atoms with Crippen LogP contribution in [0.3, 0.4) is 0 Å². The zero-order chi connectivity index (χ0) is 17.9. The van der Waals surface area contributed by atoms with Crippen molar-refractivity contribution in [3.63, 3.8) is 0 Å². The monoisotopic (exact) mass is 341 g/mol. The summed E-state index contributed by atoms with van der Waals surface area (Å²) in [6.45, 7) is 3.76. The van der Waals surface area contributed by atoms with Crippen molar-refractivity contribution >= 4 is 11.7 Å². The third-order valence-electron chi connectivity index (χ3n) is 3.51. The second kappa shape index (κ2) is 10.3. The highest BCUT2D eigenvalue weighted by atomic mass is 16.5. The molecule has 0 fully saturated rings. The lowest BCUT2D eigenvalue weighted by molar-refractivity contribution is -0.123. The molecule has 0 spiro atoms. The third kappa shape index (κ3) is 6.39. The molecule has 5 nitrogen and oxygen atoms in total. The highest BCUT2D eigenvalue weighted by Crippen LogP contribution is 2.15. The summed E-state index contributed by atoms with van der Waals surface area (Å²) < 4.78 is 10.6. The smallest absolute Gasteiger partial charge is 0.257 e. The molecule has 132 valence electrons. The Hall–Kier alpha value is -2.66. The number of nitrogens with one attached hydrogen (secondary N) is 1. The number of carbonyl (C=O) groups excluding carboxylic acids is 2. The number of benzene rings is 2. The molecule has 2 rings (SSSR count). The fourth-order valence-corrected chi connectivity index (χ4v) is 2.21. The summed E-state index contributed by atoms with van der Waals surface area (Å²) in [5.41, 5.74) is 1.22. The molecule has 0 radical (unpaired) electrons. The Bertz CT molecular complexity index is 668. The van der Waals surface area contributed by atoms with E-state index >= 15 is 0 Å². The lowest BCUT2D eigenvalue weighted by Gasteiger charge is -2.08. The van der Waals surface area contributed by atoms with E-state index in [4.69, 9.17) is 9.47 Å². The van der Waals surface area contributed by atoms with Gasteiger partial charge in [-0.3, -0.25) is 9.59 Å². The van der Waals surface area contributed by atoms with E-state index in [9.17, 15) is 9.59 Å². The van der Waals surface area contributed by atoms with E-state index in [-0.39, 0.29) is 18.3 Å². The van der Waals surface area contributed by atoms with Crippen molar-refractivity contribution < 1.29 is 19.1 Å². The van der Waals surface area contributed by atoms with Gasteiger partial charge in [0.25, 0.3) is 5.91 Å². The van der Waals surface area contributed by atoms with Crippen LogP contribution in [0.15, 0.2) is 54.6 Å². The molecule has 0 atom stereocenters. The Balaban J connectivity index is 1.77. The van der Waals surface area contributed by atoms with Crippen molar-refractivity contribution in [3.05, 3.63) is 65.7 Å². The van der Waals surface area contributed by atoms with Crippen molar-refractivity contribution in [1.29, 1.82) is 0 Å². The summed E-state index contributed by atoms with van der Waals surface area (Å²) in [6.07, 6.45) is 0.774. The van der Waals surface area contributed by atoms with E-state index in [0.717, 1.165) is 6.42 Å². The molecule has 1 N–H and O–H groups in total. The van der Waals surface area contributed by atoms with Crippen LogP contribution in [0.25, 0.3) is 0 Å². The Kier molecular flexibility index (Phi) is 7.66. The molecule has 0 aromatic heterocycles. The standard InChI is InChI=1S/C20H23NO4/c1-2-24-14-6-13-21-19(22)15-25-18-11-9-17(10-12-18)20(23)16-7-4-3-5-8-16/h3-5,7-12H,2,6,13-15H2,1H3,(H,21,22). The maximum Gasteiger partial charge on any atom is 0.257 e. The minimum absolute atomic E-state index is 0.0424. The predicted octanol–water partition coefficient (Wildman–Crippen LogP) is 2.84. The molecule has 0 saturated carbocycles. The van der Waals surface area contributed by atoms with Gasteiger partial charge in [-0.05, 0) is 37.6 Å². The molecular weight excluding hydrogens is 318 g/mol. The number of amides is 1. The molecule has 0 aliphatic heterocycles. The van der Waals surface area contributed by atoms with Crippen LogP contribution in [0.5, 0.6) is 5.75 Å². The zero-order valence-corrected chi connectivity index (χ0v) is 14.4. The third-order valence-corrected chi connectivity index (χ3v) is 3.51. The lowest BCUT2D eigenvalue weighted by Crippen LogP contribution is -2.30. The van der Waals surface area contributed by atoms with E-state index in [1.165, 1.54) is 0 Å². The molecule has 2 aromatic carbocycles. The van der Waals surface area contributed by atoms with Crippen LogP contribution >= 0.6 is 0 Å². The maximum atomic E-state index is 12.3. The Morgan fingerprint density at radius 2 is 1.64 bits per heavy atom. The van der Waals surface area contributed by atoms with E-state index in [0.29, 0.717) is 36.6 Å². The number of hydrogen-bond donors (Lipinski definition) is 1. The fraction of sp³-hybridized carbons (Fsp3) is 0.300. The molecule has 0 saturated heterocycles. The van der Waals surface area contributed by atoms with E-state index < -0.39 is 0 Å². The first kappa shape index (κ1) is 18.7. The zero-order valence-electron chi connectivity index (χ0n) is 14.4. The Morgan fingerprint density at radius 3 is 2.32 bits per heavy atom. The molecule has 0 unspecified atom stereocenters. The summed E-state index contributed by atoms with van der Waals surface area (Å²) in [5, 5.41) is 2.76. The van der Waals surface area contributed by atoms with Gasteiger partial charge in [-0.25, -0.2) is 0 Å². The summed E-state index contributed by atoms with van der Waals surface area (Å²) in [4.78, 5) is 24.0.